The molecule has 0 atom stereocenters. The van der Waals surface area contributed by atoms with Gasteiger partial charge in [0.2, 0.25) is 0 Å². The monoisotopic (exact) mass is 199 g/mol. The Morgan fingerprint density at radius 3 is 2.38 bits per heavy atom. The van der Waals surface area contributed by atoms with Crippen molar-refractivity contribution in [2.45, 2.75) is 0 Å². The lowest BCUT2D eigenvalue weighted by Crippen LogP contribution is -1.97. The zero-order chi connectivity index (χ0) is 10.4. The van der Waals surface area contributed by atoms with E-state index < -0.39 is 5.97 Å². The van der Waals surface area contributed by atoms with Gasteiger partial charge in [-0.3, -0.25) is 0 Å². The van der Waals surface area contributed by atoms with Crippen molar-refractivity contribution in [1.29, 1.82) is 10.8 Å². The third kappa shape index (κ3) is 2.97. The number of nitrogen functional groups attached to an aromatic ring is 1. The van der Waals surface area contributed by atoms with Crippen molar-refractivity contribution in [3.63, 3.8) is 0 Å². The van der Waals surface area contributed by atoms with Gasteiger partial charge in [-0.2, -0.15) is 0 Å². The highest BCUT2D eigenvalue weighted by Gasteiger charge is 2.03. The van der Waals surface area contributed by atoms with E-state index in [2.05, 4.69) is 0 Å². The first-order chi connectivity index (χ1) is 6.11. The number of nitrogens with two attached hydrogens (primary N) is 1. The smallest absolute Gasteiger partial charge is 0.335 e. The summed E-state index contributed by atoms with van der Waals surface area (Å²) in [6.45, 7) is 0. The van der Waals surface area contributed by atoms with Crippen molar-refractivity contribution < 1.29 is 9.90 Å². The van der Waals surface area contributed by atoms with Crippen molar-refractivity contribution in [2.24, 2.45) is 0 Å². The largest absolute Gasteiger partial charge is 0.478 e. The number of rotatable bonds is 1. The maximum Gasteiger partial charge on any atom is 0.335 e. The van der Waals surface area contributed by atoms with Crippen LogP contribution in [0.3, 0.4) is 0 Å². The fourth-order valence-corrected chi connectivity index (χ4v) is 0.794. The van der Waals surface area contributed by atoms with Crippen LogP contribution in [0.4, 0.5) is 5.69 Å². The quantitative estimate of drug-likeness (QED) is 0.528. The summed E-state index contributed by atoms with van der Waals surface area (Å²) in [7, 11) is 0. The molecule has 0 fully saturated rings. The van der Waals surface area contributed by atoms with Crippen LogP contribution >= 0.6 is 11.6 Å². The fraction of sp³-hybridized carbons (Fsp3) is 0. The van der Waals surface area contributed by atoms with Gasteiger partial charge in [-0.05, 0) is 18.2 Å². The van der Waals surface area contributed by atoms with Crippen LogP contribution in [0.2, 0.25) is 5.02 Å². The molecular formula is C7H6ClN3O2. The molecule has 5 nitrogen and oxygen atoms in total. The third-order valence-electron chi connectivity index (χ3n) is 1.24. The van der Waals surface area contributed by atoms with E-state index in [0.29, 0.717) is 5.02 Å². The second-order valence-corrected chi connectivity index (χ2v) is 2.45. The Labute approximate surface area is 79.2 Å². The van der Waals surface area contributed by atoms with Crippen LogP contribution in [0, 0.1) is 10.8 Å². The van der Waals surface area contributed by atoms with E-state index in [9.17, 15) is 4.79 Å². The van der Waals surface area contributed by atoms with E-state index in [-0.39, 0.29) is 11.3 Å². The lowest BCUT2D eigenvalue weighted by atomic mass is 10.2. The summed E-state index contributed by atoms with van der Waals surface area (Å²) in [6, 6.07) is 4.19. The maximum absolute atomic E-state index is 10.4. The number of benzene rings is 1. The lowest BCUT2D eigenvalue weighted by Gasteiger charge is -1.97. The van der Waals surface area contributed by atoms with E-state index in [0.717, 1.165) is 0 Å². The first-order valence-corrected chi connectivity index (χ1v) is 3.47. The number of hydrogen-bond acceptors (Lipinski definition) is 4. The molecule has 1 aromatic carbocycles. The first-order valence-electron chi connectivity index (χ1n) is 3.09. The van der Waals surface area contributed by atoms with E-state index in [1.165, 1.54) is 18.2 Å². The Kier molecular flexibility index (Phi) is 4.27. The molecule has 1 aromatic rings. The van der Waals surface area contributed by atoms with Gasteiger partial charge in [0.25, 0.3) is 0 Å². The summed E-state index contributed by atoms with van der Waals surface area (Å²) >= 11 is 5.57. The van der Waals surface area contributed by atoms with Crippen LogP contribution in [0.15, 0.2) is 18.2 Å². The van der Waals surface area contributed by atoms with Gasteiger partial charge >= 0.3 is 5.97 Å². The topological polar surface area (TPSA) is 111 Å². The van der Waals surface area contributed by atoms with Gasteiger partial charge in [-0.15, -0.1) is 0 Å². The van der Waals surface area contributed by atoms with Gasteiger partial charge in [0, 0.05) is 10.8 Å². The number of aromatic carboxylic acids is 1. The van der Waals surface area contributed by atoms with E-state index in [4.69, 9.17) is 33.2 Å². The predicted octanol–water partition coefficient (Wildman–Crippen LogP) is 1.65. The average Bonchev–Trinajstić information content (AvgIpc) is 2.13. The molecule has 0 aliphatic rings. The average molecular weight is 200 g/mol. The van der Waals surface area contributed by atoms with Crippen LogP contribution in [0.5, 0.6) is 0 Å². The number of carboxylic acid groups (broad SMARTS) is 1. The first kappa shape index (κ1) is 11.2. The van der Waals surface area contributed by atoms with Gasteiger partial charge in [0.05, 0.1) is 16.3 Å². The van der Waals surface area contributed by atoms with Crippen LogP contribution in [0.25, 0.3) is 0 Å². The van der Waals surface area contributed by atoms with Crippen molar-refractivity contribution in [3.05, 3.63) is 28.8 Å². The molecular weight excluding hydrogens is 194 g/mol. The molecule has 3 N–H and O–H groups in total. The molecule has 13 heavy (non-hydrogen) atoms. The zero-order valence-corrected chi connectivity index (χ0v) is 7.19. The fourth-order valence-electron chi connectivity index (χ4n) is 0.677. The highest BCUT2D eigenvalue weighted by Crippen LogP contribution is 2.19. The standard InChI is InChI=1S/C7H6ClNO2.N2/c8-5-2-1-4(7(10)11)3-6(5)9;1-2/h1-3H,9H2,(H,10,11);. The minimum Gasteiger partial charge on any atom is -0.478 e. The van der Waals surface area contributed by atoms with Crippen molar-refractivity contribution in [2.75, 3.05) is 5.73 Å². The van der Waals surface area contributed by atoms with Gasteiger partial charge in [-0.25, -0.2) is 4.79 Å². The number of anilines is 1. The normalized spacial score (nSPS) is 8.23. The van der Waals surface area contributed by atoms with Gasteiger partial charge < -0.3 is 10.8 Å². The zero-order valence-electron chi connectivity index (χ0n) is 6.44. The second-order valence-electron chi connectivity index (χ2n) is 2.04. The summed E-state index contributed by atoms with van der Waals surface area (Å²) in [5, 5.41) is 20.9. The van der Waals surface area contributed by atoms with E-state index in [1.54, 1.807) is 0 Å². The Bertz CT molecular complexity index is 338. The summed E-state index contributed by atoms with van der Waals surface area (Å²) in [5.74, 6) is -1.01. The molecule has 6 heteroatoms. The molecule has 0 amide bonds. The number of hydrogen-bond donors (Lipinski definition) is 2. The van der Waals surface area contributed by atoms with E-state index in [1.807, 2.05) is 0 Å². The molecule has 0 heterocycles. The molecule has 0 unspecified atom stereocenters. The SMILES string of the molecule is N#N.Nc1cc(C(=O)O)ccc1Cl. The number of nitrogens with zero attached hydrogens (tertiary/aromatic N) is 2. The number of halogens is 1. The molecule has 1 rings (SSSR count). The van der Waals surface area contributed by atoms with Gasteiger partial charge in [0.15, 0.2) is 0 Å². The molecule has 0 radical (unpaired) electrons. The highest BCUT2D eigenvalue weighted by atomic mass is 35.5. The Hall–Kier alpha value is -1.80. The molecule has 0 aromatic heterocycles. The van der Waals surface area contributed by atoms with Crippen molar-refractivity contribution in [1.82, 2.24) is 0 Å². The Balaban J connectivity index is 0.000000671. The van der Waals surface area contributed by atoms with Crippen LogP contribution in [-0.4, -0.2) is 11.1 Å². The number of carboxylic acids is 1. The van der Waals surface area contributed by atoms with Crippen molar-refractivity contribution >= 4 is 23.3 Å². The van der Waals surface area contributed by atoms with Crippen LogP contribution in [0.1, 0.15) is 10.4 Å². The van der Waals surface area contributed by atoms with Gasteiger partial charge in [0.1, 0.15) is 0 Å². The maximum atomic E-state index is 10.4. The summed E-state index contributed by atoms with van der Waals surface area (Å²) in [6.07, 6.45) is 0. The Morgan fingerprint density at radius 1 is 1.46 bits per heavy atom. The molecule has 0 aliphatic carbocycles. The second kappa shape index (κ2) is 4.95. The minimum atomic E-state index is -1.01. The molecule has 0 bridgehead atoms. The van der Waals surface area contributed by atoms with Crippen LogP contribution in [-0.2, 0) is 0 Å². The summed E-state index contributed by atoms with van der Waals surface area (Å²) in [5.41, 5.74) is 5.79. The molecule has 0 spiro atoms. The molecule has 0 aliphatic heterocycles. The predicted molar refractivity (Wildman–Crippen MR) is 46.3 cm³/mol. The van der Waals surface area contributed by atoms with Crippen LogP contribution < -0.4 is 5.73 Å². The van der Waals surface area contributed by atoms with E-state index >= 15 is 0 Å². The molecule has 0 saturated carbocycles. The minimum absolute atomic E-state index is 0.145. The van der Waals surface area contributed by atoms with Crippen molar-refractivity contribution in [3.8, 4) is 0 Å². The Morgan fingerprint density at radius 2 is 2.00 bits per heavy atom. The summed E-state index contributed by atoms with van der Waals surface area (Å²) in [4.78, 5) is 10.4. The molecule has 0 saturated heterocycles. The summed E-state index contributed by atoms with van der Waals surface area (Å²) < 4.78 is 0. The van der Waals surface area contributed by atoms with Gasteiger partial charge in [-0.1, -0.05) is 11.6 Å². The number of carbonyl (C=O) groups is 1. The third-order valence-corrected chi connectivity index (χ3v) is 1.59. The highest BCUT2D eigenvalue weighted by molar-refractivity contribution is 6.33. The lowest BCUT2D eigenvalue weighted by molar-refractivity contribution is 0.0697. The molecule has 68 valence electrons.